The molecule has 0 radical (unpaired) electrons. The summed E-state index contributed by atoms with van der Waals surface area (Å²) in [7, 11) is -0.908. The van der Waals surface area contributed by atoms with Crippen molar-refractivity contribution in [3.8, 4) is 5.75 Å². The normalized spacial score (nSPS) is 11.4. The van der Waals surface area contributed by atoms with Crippen molar-refractivity contribution >= 4 is 21.6 Å². The highest BCUT2D eigenvalue weighted by Crippen LogP contribution is 2.26. The van der Waals surface area contributed by atoms with E-state index in [-0.39, 0.29) is 29.6 Å². The number of ether oxygens (including phenoxy) is 1. The van der Waals surface area contributed by atoms with Gasteiger partial charge in [-0.2, -0.15) is 4.31 Å². The third kappa shape index (κ3) is 3.40. The van der Waals surface area contributed by atoms with Gasteiger partial charge in [-0.05, 0) is 12.1 Å². The van der Waals surface area contributed by atoms with E-state index >= 15 is 0 Å². The first-order valence-electron chi connectivity index (χ1n) is 6.01. The maximum absolute atomic E-state index is 12.4. The number of likely N-dealkylation sites (N-methyl/N-ethyl adjacent to an activating group) is 2. The van der Waals surface area contributed by atoms with Crippen LogP contribution in [0, 0.1) is 0 Å². The number of methoxy groups -OCH3 is 1. The SMILES string of the molecule is CCN(CC(=O)NC)S(=O)(=O)c1ccc(N)c(OC)c1. The van der Waals surface area contributed by atoms with Crippen LogP contribution in [0.25, 0.3) is 0 Å². The number of benzene rings is 1. The van der Waals surface area contributed by atoms with Gasteiger partial charge >= 0.3 is 0 Å². The zero-order valence-electron chi connectivity index (χ0n) is 11.7. The molecule has 20 heavy (non-hydrogen) atoms. The molecular formula is C12H19N3O4S. The lowest BCUT2D eigenvalue weighted by molar-refractivity contribution is -0.120. The lowest BCUT2D eigenvalue weighted by Crippen LogP contribution is -2.39. The lowest BCUT2D eigenvalue weighted by Gasteiger charge is -2.20. The van der Waals surface area contributed by atoms with E-state index < -0.39 is 10.0 Å². The number of amides is 1. The minimum absolute atomic E-state index is 0.0364. The fraction of sp³-hybridized carbons (Fsp3) is 0.417. The van der Waals surface area contributed by atoms with Crippen LogP contribution in [0.3, 0.4) is 0 Å². The first kappa shape index (κ1) is 16.3. The second-order valence-corrected chi connectivity index (χ2v) is 5.95. The molecule has 0 atom stereocenters. The molecule has 1 aromatic rings. The van der Waals surface area contributed by atoms with E-state index in [4.69, 9.17) is 10.5 Å². The number of carbonyl (C=O) groups is 1. The molecule has 0 bridgehead atoms. The van der Waals surface area contributed by atoms with Crippen molar-refractivity contribution in [2.75, 3.05) is 33.0 Å². The van der Waals surface area contributed by atoms with Crippen molar-refractivity contribution in [2.45, 2.75) is 11.8 Å². The zero-order valence-corrected chi connectivity index (χ0v) is 12.5. The number of nitrogens with zero attached hydrogens (tertiary/aromatic N) is 1. The Labute approximate surface area is 118 Å². The average Bonchev–Trinajstić information content (AvgIpc) is 2.44. The average molecular weight is 301 g/mol. The Bertz CT molecular complexity index is 586. The van der Waals surface area contributed by atoms with Gasteiger partial charge in [0.05, 0.1) is 24.2 Å². The molecule has 1 amide bonds. The van der Waals surface area contributed by atoms with Gasteiger partial charge in [0, 0.05) is 19.7 Å². The Morgan fingerprint density at radius 1 is 1.45 bits per heavy atom. The van der Waals surface area contributed by atoms with Crippen molar-refractivity contribution in [3.63, 3.8) is 0 Å². The van der Waals surface area contributed by atoms with Gasteiger partial charge in [0.15, 0.2) is 0 Å². The molecule has 0 fully saturated rings. The number of rotatable bonds is 6. The standard InChI is InChI=1S/C12H19N3O4S/c1-4-15(8-12(16)14-2)20(17,18)9-5-6-10(13)11(7-9)19-3/h5-7H,4,8,13H2,1-3H3,(H,14,16). The molecule has 0 saturated heterocycles. The van der Waals surface area contributed by atoms with Gasteiger partial charge in [0.1, 0.15) is 5.75 Å². The molecule has 0 aliphatic heterocycles. The van der Waals surface area contributed by atoms with Crippen LogP contribution >= 0.6 is 0 Å². The van der Waals surface area contributed by atoms with Crippen LogP contribution in [-0.2, 0) is 14.8 Å². The fourth-order valence-corrected chi connectivity index (χ4v) is 3.03. The van der Waals surface area contributed by atoms with E-state index in [9.17, 15) is 13.2 Å². The molecule has 0 spiro atoms. The molecule has 0 aromatic heterocycles. The molecule has 0 aliphatic carbocycles. The van der Waals surface area contributed by atoms with Gasteiger partial charge < -0.3 is 15.8 Å². The van der Waals surface area contributed by atoms with Crippen LogP contribution < -0.4 is 15.8 Å². The van der Waals surface area contributed by atoms with Crippen LogP contribution in [0.2, 0.25) is 0 Å². The van der Waals surface area contributed by atoms with E-state index in [0.717, 1.165) is 4.31 Å². The first-order chi connectivity index (χ1) is 9.36. The number of sulfonamides is 1. The second-order valence-electron chi connectivity index (χ2n) is 4.01. The summed E-state index contributed by atoms with van der Waals surface area (Å²) >= 11 is 0. The molecule has 3 N–H and O–H groups in total. The van der Waals surface area contributed by atoms with E-state index in [1.165, 1.54) is 32.4 Å². The highest BCUT2D eigenvalue weighted by atomic mass is 32.2. The molecule has 0 heterocycles. The number of nitrogens with two attached hydrogens (primary N) is 1. The predicted molar refractivity (Wildman–Crippen MR) is 75.9 cm³/mol. The summed E-state index contributed by atoms with van der Waals surface area (Å²) in [5.74, 6) is -0.0973. The van der Waals surface area contributed by atoms with Crippen LogP contribution in [0.5, 0.6) is 5.75 Å². The van der Waals surface area contributed by atoms with Crippen molar-refractivity contribution in [3.05, 3.63) is 18.2 Å². The number of nitrogen functional groups attached to an aromatic ring is 1. The third-order valence-electron chi connectivity index (χ3n) is 2.79. The summed E-state index contributed by atoms with van der Waals surface area (Å²) < 4.78 is 31.0. The van der Waals surface area contributed by atoms with Gasteiger partial charge in [0.2, 0.25) is 15.9 Å². The molecule has 0 unspecified atom stereocenters. The van der Waals surface area contributed by atoms with E-state index in [1.54, 1.807) is 6.92 Å². The Morgan fingerprint density at radius 2 is 2.10 bits per heavy atom. The number of hydrogen-bond acceptors (Lipinski definition) is 5. The Hall–Kier alpha value is -1.80. The molecule has 0 aliphatic rings. The number of hydrogen-bond donors (Lipinski definition) is 2. The summed E-state index contributed by atoms with van der Waals surface area (Å²) in [4.78, 5) is 11.4. The number of carbonyl (C=O) groups excluding carboxylic acids is 1. The van der Waals surface area contributed by atoms with Crippen molar-refractivity contribution < 1.29 is 17.9 Å². The van der Waals surface area contributed by atoms with Crippen LogP contribution in [0.4, 0.5) is 5.69 Å². The van der Waals surface area contributed by atoms with E-state index in [1.807, 2.05) is 0 Å². The van der Waals surface area contributed by atoms with Gasteiger partial charge in [-0.15, -0.1) is 0 Å². The summed E-state index contributed by atoms with van der Waals surface area (Å²) in [6.45, 7) is 1.61. The van der Waals surface area contributed by atoms with E-state index in [0.29, 0.717) is 5.69 Å². The molecular weight excluding hydrogens is 282 g/mol. The molecule has 7 nitrogen and oxygen atoms in total. The van der Waals surface area contributed by atoms with Crippen LogP contribution in [0.15, 0.2) is 23.1 Å². The Kier molecular flexibility index (Phi) is 5.34. The lowest BCUT2D eigenvalue weighted by atomic mass is 10.3. The highest BCUT2D eigenvalue weighted by Gasteiger charge is 2.25. The Balaban J connectivity index is 3.17. The van der Waals surface area contributed by atoms with Gasteiger partial charge in [-0.1, -0.05) is 6.92 Å². The molecule has 1 rings (SSSR count). The third-order valence-corrected chi connectivity index (χ3v) is 4.71. The molecule has 0 saturated carbocycles. The predicted octanol–water partition coefficient (Wildman–Crippen LogP) is 0.0340. The van der Waals surface area contributed by atoms with Crippen LogP contribution in [0.1, 0.15) is 6.92 Å². The maximum Gasteiger partial charge on any atom is 0.243 e. The smallest absolute Gasteiger partial charge is 0.243 e. The summed E-state index contributed by atoms with van der Waals surface area (Å²) in [6.07, 6.45) is 0. The first-order valence-corrected chi connectivity index (χ1v) is 7.45. The van der Waals surface area contributed by atoms with E-state index in [2.05, 4.69) is 5.32 Å². The van der Waals surface area contributed by atoms with Crippen molar-refractivity contribution in [2.24, 2.45) is 0 Å². The van der Waals surface area contributed by atoms with Crippen molar-refractivity contribution in [1.29, 1.82) is 0 Å². The van der Waals surface area contributed by atoms with Crippen LogP contribution in [-0.4, -0.2) is 45.9 Å². The second kappa shape index (κ2) is 6.58. The molecule has 1 aromatic carbocycles. The highest BCUT2D eigenvalue weighted by molar-refractivity contribution is 7.89. The Morgan fingerprint density at radius 3 is 2.60 bits per heavy atom. The summed E-state index contributed by atoms with van der Waals surface area (Å²) in [5.41, 5.74) is 6.00. The largest absolute Gasteiger partial charge is 0.495 e. The minimum atomic E-state index is -3.77. The quantitative estimate of drug-likeness (QED) is 0.722. The maximum atomic E-state index is 12.4. The fourth-order valence-electron chi connectivity index (χ4n) is 1.61. The monoisotopic (exact) mass is 301 g/mol. The zero-order chi connectivity index (χ0) is 15.3. The topological polar surface area (TPSA) is 102 Å². The minimum Gasteiger partial charge on any atom is -0.495 e. The number of nitrogens with one attached hydrogen (secondary N) is 1. The van der Waals surface area contributed by atoms with Gasteiger partial charge in [0.25, 0.3) is 0 Å². The number of anilines is 1. The van der Waals surface area contributed by atoms with Crippen molar-refractivity contribution in [1.82, 2.24) is 9.62 Å². The summed E-state index contributed by atoms with van der Waals surface area (Å²) in [5, 5.41) is 2.40. The van der Waals surface area contributed by atoms with Gasteiger partial charge in [-0.3, -0.25) is 4.79 Å². The van der Waals surface area contributed by atoms with Gasteiger partial charge in [-0.25, -0.2) is 8.42 Å². The molecule has 8 heteroatoms. The molecule has 112 valence electrons. The summed E-state index contributed by atoms with van der Waals surface area (Å²) in [6, 6.07) is 4.19.